The second kappa shape index (κ2) is 11.6. The van der Waals surface area contributed by atoms with Gasteiger partial charge in [0.2, 0.25) is 5.91 Å². The number of benzene rings is 1. The Bertz CT molecular complexity index is 956. The molecule has 168 valence electrons. The van der Waals surface area contributed by atoms with Crippen LogP contribution in [-0.4, -0.2) is 30.3 Å². The SMILES string of the molecule is C=CCOC(=O)C1=C(C)NC(SCC(=O)NC2CCCCC2)=C(C#N)[C@@H]1c1ccccc1. The van der Waals surface area contributed by atoms with Crippen molar-refractivity contribution < 1.29 is 14.3 Å². The van der Waals surface area contributed by atoms with Crippen molar-refractivity contribution in [3.63, 3.8) is 0 Å². The van der Waals surface area contributed by atoms with Gasteiger partial charge in [-0.15, -0.1) is 0 Å². The number of nitrogens with one attached hydrogen (secondary N) is 2. The minimum absolute atomic E-state index is 0.0393. The van der Waals surface area contributed by atoms with Crippen molar-refractivity contribution in [2.24, 2.45) is 0 Å². The lowest BCUT2D eigenvalue weighted by molar-refractivity contribution is -0.138. The minimum atomic E-state index is -0.566. The number of dihydropyridines is 1. The van der Waals surface area contributed by atoms with Crippen molar-refractivity contribution in [2.75, 3.05) is 12.4 Å². The predicted molar refractivity (Wildman–Crippen MR) is 126 cm³/mol. The Balaban J connectivity index is 1.83. The summed E-state index contributed by atoms with van der Waals surface area (Å²) in [6.45, 7) is 5.47. The fraction of sp³-hybridized carbons (Fsp3) is 0.400. The minimum Gasteiger partial charge on any atom is -0.458 e. The van der Waals surface area contributed by atoms with Gasteiger partial charge in [-0.3, -0.25) is 4.79 Å². The van der Waals surface area contributed by atoms with E-state index in [1.54, 1.807) is 6.92 Å². The second-order valence-electron chi connectivity index (χ2n) is 7.94. The number of hydrogen-bond acceptors (Lipinski definition) is 6. The Morgan fingerprint density at radius 3 is 2.66 bits per heavy atom. The molecule has 0 radical (unpaired) electrons. The summed E-state index contributed by atoms with van der Waals surface area (Å²) in [4.78, 5) is 25.3. The molecule has 1 atom stereocenters. The van der Waals surface area contributed by atoms with Crippen molar-refractivity contribution in [1.82, 2.24) is 10.6 Å². The molecule has 1 aromatic carbocycles. The lowest BCUT2D eigenvalue weighted by atomic mass is 9.82. The van der Waals surface area contributed by atoms with Crippen molar-refractivity contribution in [1.29, 1.82) is 5.26 Å². The zero-order valence-corrected chi connectivity index (χ0v) is 19.2. The summed E-state index contributed by atoms with van der Waals surface area (Å²) in [5.74, 6) is -0.892. The summed E-state index contributed by atoms with van der Waals surface area (Å²) in [5, 5.41) is 16.9. The van der Waals surface area contributed by atoms with Crippen LogP contribution >= 0.6 is 11.8 Å². The number of esters is 1. The number of thioether (sulfide) groups is 1. The van der Waals surface area contributed by atoms with Gasteiger partial charge in [0.1, 0.15) is 6.61 Å². The molecule has 1 saturated carbocycles. The smallest absolute Gasteiger partial charge is 0.337 e. The van der Waals surface area contributed by atoms with Gasteiger partial charge in [-0.25, -0.2) is 4.79 Å². The molecule has 7 heteroatoms. The first-order chi connectivity index (χ1) is 15.5. The Morgan fingerprint density at radius 2 is 2.00 bits per heavy atom. The third-order valence-electron chi connectivity index (χ3n) is 5.65. The van der Waals surface area contributed by atoms with Gasteiger partial charge < -0.3 is 15.4 Å². The van der Waals surface area contributed by atoms with E-state index >= 15 is 0 Å². The van der Waals surface area contributed by atoms with E-state index in [1.807, 2.05) is 30.3 Å². The van der Waals surface area contributed by atoms with Crippen LogP contribution in [0, 0.1) is 11.3 Å². The van der Waals surface area contributed by atoms with E-state index in [0.717, 1.165) is 31.2 Å². The molecule has 0 bridgehead atoms. The molecule has 6 nitrogen and oxygen atoms in total. The summed E-state index contributed by atoms with van der Waals surface area (Å²) in [6.07, 6.45) is 7.08. The zero-order chi connectivity index (χ0) is 22.9. The van der Waals surface area contributed by atoms with Crippen LogP contribution in [0.5, 0.6) is 0 Å². The number of ether oxygens (including phenoxy) is 1. The molecule has 1 aliphatic heterocycles. The largest absolute Gasteiger partial charge is 0.458 e. The molecule has 2 aliphatic rings. The molecule has 1 fully saturated rings. The average Bonchev–Trinajstić information content (AvgIpc) is 2.81. The number of nitrogens with zero attached hydrogens (tertiary/aromatic N) is 1. The van der Waals surface area contributed by atoms with Gasteiger partial charge in [0.25, 0.3) is 0 Å². The van der Waals surface area contributed by atoms with Crippen LogP contribution in [0.1, 0.15) is 50.5 Å². The number of rotatable bonds is 8. The highest BCUT2D eigenvalue weighted by atomic mass is 32.2. The number of amides is 1. The van der Waals surface area contributed by atoms with Crippen molar-refractivity contribution >= 4 is 23.6 Å². The molecule has 0 saturated heterocycles. The Kier molecular flexibility index (Phi) is 8.57. The molecule has 1 aliphatic carbocycles. The van der Waals surface area contributed by atoms with Crippen LogP contribution in [0.15, 0.2) is 64.9 Å². The number of carbonyl (C=O) groups is 2. The Morgan fingerprint density at radius 1 is 1.28 bits per heavy atom. The van der Waals surface area contributed by atoms with Crippen LogP contribution in [0.2, 0.25) is 0 Å². The van der Waals surface area contributed by atoms with Gasteiger partial charge >= 0.3 is 5.97 Å². The third-order valence-corrected chi connectivity index (χ3v) is 6.67. The number of nitriles is 1. The van der Waals surface area contributed by atoms with Crippen LogP contribution in [0.3, 0.4) is 0 Å². The van der Waals surface area contributed by atoms with E-state index in [1.165, 1.54) is 24.3 Å². The van der Waals surface area contributed by atoms with Gasteiger partial charge in [-0.2, -0.15) is 5.26 Å². The maximum atomic E-state index is 12.8. The molecular formula is C25H29N3O3S. The van der Waals surface area contributed by atoms with Crippen LogP contribution < -0.4 is 10.6 Å². The van der Waals surface area contributed by atoms with Gasteiger partial charge in [0.15, 0.2) is 0 Å². The summed E-state index contributed by atoms with van der Waals surface area (Å²) in [7, 11) is 0. The first-order valence-corrected chi connectivity index (χ1v) is 11.9. The predicted octanol–water partition coefficient (Wildman–Crippen LogP) is 4.29. The summed E-state index contributed by atoms with van der Waals surface area (Å²) in [6, 6.07) is 11.9. The van der Waals surface area contributed by atoms with E-state index in [9.17, 15) is 14.9 Å². The zero-order valence-electron chi connectivity index (χ0n) is 18.4. The lowest BCUT2D eigenvalue weighted by Gasteiger charge is -2.29. The lowest BCUT2D eigenvalue weighted by Crippen LogP contribution is -2.37. The summed E-state index contributed by atoms with van der Waals surface area (Å²) >= 11 is 1.29. The highest BCUT2D eigenvalue weighted by molar-refractivity contribution is 8.03. The average molecular weight is 452 g/mol. The first kappa shape index (κ1) is 23.7. The topological polar surface area (TPSA) is 91.2 Å². The fourth-order valence-corrected chi connectivity index (χ4v) is 5.05. The Hall–Kier alpha value is -2.98. The maximum Gasteiger partial charge on any atom is 0.337 e. The molecule has 1 aromatic rings. The first-order valence-electron chi connectivity index (χ1n) is 10.9. The molecule has 0 spiro atoms. The van der Waals surface area contributed by atoms with Crippen LogP contribution in [-0.2, 0) is 14.3 Å². The molecular weight excluding hydrogens is 422 g/mol. The second-order valence-corrected chi connectivity index (χ2v) is 8.93. The molecule has 32 heavy (non-hydrogen) atoms. The van der Waals surface area contributed by atoms with Gasteiger partial charge in [0.05, 0.1) is 33.9 Å². The van der Waals surface area contributed by atoms with Crippen LogP contribution in [0.4, 0.5) is 0 Å². The van der Waals surface area contributed by atoms with Gasteiger partial charge in [0, 0.05) is 11.7 Å². The monoisotopic (exact) mass is 451 g/mol. The normalized spacial score (nSPS) is 19.1. The maximum absolute atomic E-state index is 12.8. The Labute approximate surface area is 193 Å². The van der Waals surface area contributed by atoms with Crippen molar-refractivity contribution in [3.8, 4) is 6.07 Å². The van der Waals surface area contributed by atoms with Gasteiger partial charge in [-0.1, -0.05) is 74.0 Å². The van der Waals surface area contributed by atoms with E-state index < -0.39 is 11.9 Å². The molecule has 2 N–H and O–H groups in total. The van der Waals surface area contributed by atoms with E-state index in [4.69, 9.17) is 4.74 Å². The highest BCUT2D eigenvalue weighted by Gasteiger charge is 2.35. The van der Waals surface area contributed by atoms with E-state index in [0.29, 0.717) is 21.9 Å². The highest BCUT2D eigenvalue weighted by Crippen LogP contribution is 2.40. The molecule has 1 amide bonds. The van der Waals surface area contributed by atoms with Crippen molar-refractivity contribution in [3.05, 3.63) is 70.4 Å². The van der Waals surface area contributed by atoms with Crippen LogP contribution in [0.25, 0.3) is 0 Å². The molecule has 3 rings (SSSR count). The fourth-order valence-electron chi connectivity index (χ4n) is 4.14. The van der Waals surface area contributed by atoms with Crippen molar-refractivity contribution in [2.45, 2.75) is 51.0 Å². The molecule has 0 aromatic heterocycles. The number of carbonyl (C=O) groups excluding carboxylic acids is 2. The van der Waals surface area contributed by atoms with E-state index in [-0.39, 0.29) is 24.3 Å². The van der Waals surface area contributed by atoms with E-state index in [2.05, 4.69) is 23.3 Å². The van der Waals surface area contributed by atoms with Gasteiger partial charge in [-0.05, 0) is 25.3 Å². The summed E-state index contributed by atoms with van der Waals surface area (Å²) in [5.41, 5.74) is 2.23. The number of allylic oxidation sites excluding steroid dienone is 2. The summed E-state index contributed by atoms with van der Waals surface area (Å²) < 4.78 is 5.31. The molecule has 0 unspecified atom stereocenters. The molecule has 1 heterocycles. The quantitative estimate of drug-likeness (QED) is 0.452. The third kappa shape index (κ3) is 5.83. The number of hydrogen-bond donors (Lipinski definition) is 2. The standard InChI is InChI=1S/C25H29N3O3S/c1-3-14-31-25(30)22-17(2)27-24(20(15-26)23(22)18-10-6-4-7-11-18)32-16-21(29)28-19-12-8-5-9-13-19/h3-4,6-7,10-11,19,23,27H,1,5,8-9,12-14,16H2,2H3,(H,28,29)/t23-/m0/s1.